The van der Waals surface area contributed by atoms with E-state index in [1.807, 2.05) is 0 Å². The van der Waals surface area contributed by atoms with Crippen LogP contribution in [0.4, 0.5) is 0 Å². The van der Waals surface area contributed by atoms with Gasteiger partial charge in [-0.25, -0.2) is 0 Å². The maximum Gasteiger partial charge on any atom is 0.174 e. The Morgan fingerprint density at radius 2 is 2.07 bits per heavy atom. The van der Waals surface area contributed by atoms with Crippen molar-refractivity contribution in [3.8, 4) is 11.5 Å². The van der Waals surface area contributed by atoms with Crippen LogP contribution in [0.25, 0.3) is 0 Å². The van der Waals surface area contributed by atoms with Gasteiger partial charge >= 0.3 is 0 Å². The van der Waals surface area contributed by atoms with Crippen molar-refractivity contribution in [1.82, 2.24) is 0 Å². The van der Waals surface area contributed by atoms with Crippen LogP contribution >= 0.6 is 11.8 Å². The predicted molar refractivity (Wildman–Crippen MR) is 58.6 cm³/mol. The Hall–Kier alpha value is -0.830. The number of aryl methyl sites for hydroxylation is 1. The van der Waals surface area contributed by atoms with E-state index in [0.29, 0.717) is 13.2 Å². The van der Waals surface area contributed by atoms with E-state index in [1.54, 1.807) is 11.8 Å². The van der Waals surface area contributed by atoms with Crippen LogP contribution in [0.3, 0.4) is 0 Å². The second-order valence-electron chi connectivity index (χ2n) is 3.18. The molecular weight excluding hydrogens is 196 g/mol. The summed E-state index contributed by atoms with van der Waals surface area (Å²) in [4.78, 5) is 1.18. The van der Waals surface area contributed by atoms with Gasteiger partial charge < -0.3 is 9.47 Å². The Bertz CT molecular complexity index is 319. The van der Waals surface area contributed by atoms with Gasteiger partial charge in [0, 0.05) is 0 Å². The Balaban J connectivity index is 2.47. The summed E-state index contributed by atoms with van der Waals surface area (Å²) in [5, 5.41) is 0. The average Bonchev–Trinajstić information content (AvgIpc) is 2.27. The molecule has 0 N–H and O–H groups in total. The van der Waals surface area contributed by atoms with Gasteiger partial charge in [-0.05, 0) is 30.4 Å². The van der Waals surface area contributed by atoms with Crippen LogP contribution in [0.2, 0.25) is 0 Å². The lowest BCUT2D eigenvalue weighted by Crippen LogP contribution is -2.16. The zero-order chi connectivity index (χ0) is 9.97. The van der Waals surface area contributed by atoms with Crippen LogP contribution < -0.4 is 9.47 Å². The predicted octanol–water partition coefficient (Wildman–Crippen LogP) is 2.74. The van der Waals surface area contributed by atoms with Gasteiger partial charge in [-0.3, -0.25) is 0 Å². The summed E-state index contributed by atoms with van der Waals surface area (Å²) < 4.78 is 11.2. The smallest absolute Gasteiger partial charge is 0.174 e. The lowest BCUT2D eigenvalue weighted by Gasteiger charge is -2.21. The van der Waals surface area contributed by atoms with Crippen molar-refractivity contribution in [2.45, 2.75) is 18.2 Å². The second-order valence-corrected chi connectivity index (χ2v) is 4.02. The first kappa shape index (κ1) is 9.71. The van der Waals surface area contributed by atoms with Gasteiger partial charge in [-0.1, -0.05) is 6.92 Å². The van der Waals surface area contributed by atoms with Gasteiger partial charge in [-0.2, -0.15) is 0 Å². The third-order valence-electron chi connectivity index (χ3n) is 2.30. The first-order chi connectivity index (χ1) is 6.85. The third-order valence-corrected chi connectivity index (χ3v) is 3.04. The van der Waals surface area contributed by atoms with Crippen LogP contribution in [0.5, 0.6) is 11.5 Å². The summed E-state index contributed by atoms with van der Waals surface area (Å²) in [7, 11) is 0. The van der Waals surface area contributed by atoms with Gasteiger partial charge in [0.15, 0.2) is 11.5 Å². The molecule has 0 aliphatic carbocycles. The largest absolute Gasteiger partial charge is 0.486 e. The van der Waals surface area contributed by atoms with Crippen molar-refractivity contribution in [2.75, 3.05) is 19.5 Å². The van der Waals surface area contributed by atoms with Crippen molar-refractivity contribution < 1.29 is 9.47 Å². The lowest BCUT2D eigenvalue weighted by molar-refractivity contribution is 0.167. The summed E-state index contributed by atoms with van der Waals surface area (Å²) in [6, 6.07) is 4.26. The zero-order valence-corrected chi connectivity index (χ0v) is 9.32. The summed E-state index contributed by atoms with van der Waals surface area (Å²) in [5.41, 5.74) is 1.30. The maximum absolute atomic E-state index is 5.60. The fraction of sp³-hybridized carbons (Fsp3) is 0.455. The van der Waals surface area contributed by atoms with Crippen molar-refractivity contribution in [1.29, 1.82) is 0 Å². The van der Waals surface area contributed by atoms with Crippen LogP contribution in [0, 0.1) is 0 Å². The second kappa shape index (κ2) is 4.13. The number of rotatable bonds is 2. The molecule has 1 aromatic rings. The topological polar surface area (TPSA) is 18.5 Å². The van der Waals surface area contributed by atoms with Gasteiger partial charge in [0.05, 0.1) is 4.90 Å². The highest BCUT2D eigenvalue weighted by molar-refractivity contribution is 7.98. The number of hydrogen-bond acceptors (Lipinski definition) is 3. The first-order valence-corrected chi connectivity index (χ1v) is 6.04. The highest BCUT2D eigenvalue weighted by Gasteiger charge is 2.16. The van der Waals surface area contributed by atoms with Crippen molar-refractivity contribution in [3.05, 3.63) is 17.7 Å². The molecule has 1 aliphatic rings. The molecule has 1 aromatic carbocycles. The fourth-order valence-corrected chi connectivity index (χ4v) is 2.15. The van der Waals surface area contributed by atoms with Gasteiger partial charge in [0.25, 0.3) is 0 Å². The van der Waals surface area contributed by atoms with Crippen molar-refractivity contribution in [3.63, 3.8) is 0 Å². The Kier molecular flexibility index (Phi) is 2.87. The van der Waals surface area contributed by atoms with E-state index in [-0.39, 0.29) is 0 Å². The average molecular weight is 210 g/mol. The number of fused-ring (bicyclic) bond motifs is 1. The molecule has 0 amide bonds. The number of ether oxygens (including phenoxy) is 2. The lowest BCUT2D eigenvalue weighted by atomic mass is 10.1. The van der Waals surface area contributed by atoms with Crippen LogP contribution in [0.15, 0.2) is 17.0 Å². The highest BCUT2D eigenvalue weighted by Crippen LogP contribution is 2.39. The molecule has 3 heteroatoms. The molecular formula is C11H14O2S. The van der Waals surface area contributed by atoms with Crippen LogP contribution in [-0.4, -0.2) is 19.5 Å². The molecule has 1 aliphatic heterocycles. The van der Waals surface area contributed by atoms with Crippen LogP contribution in [-0.2, 0) is 6.42 Å². The van der Waals surface area contributed by atoms with Crippen molar-refractivity contribution >= 4 is 11.8 Å². The molecule has 2 nitrogen and oxygen atoms in total. The van der Waals surface area contributed by atoms with Gasteiger partial charge in [0.1, 0.15) is 13.2 Å². The van der Waals surface area contributed by atoms with Crippen LogP contribution in [0.1, 0.15) is 12.5 Å². The number of hydrogen-bond donors (Lipinski definition) is 0. The standard InChI is InChI=1S/C11H14O2S/c1-3-8-6-9-11(10(7-8)14-2)13-5-4-12-9/h6-7H,3-5H2,1-2H3. The third kappa shape index (κ3) is 1.69. The molecule has 1 heterocycles. The van der Waals surface area contributed by atoms with E-state index < -0.39 is 0 Å². The zero-order valence-electron chi connectivity index (χ0n) is 8.50. The number of benzene rings is 1. The molecule has 0 saturated carbocycles. The Labute approximate surface area is 88.6 Å². The normalized spacial score (nSPS) is 14.1. The monoisotopic (exact) mass is 210 g/mol. The molecule has 0 bridgehead atoms. The molecule has 0 spiro atoms. The molecule has 0 radical (unpaired) electrons. The SMILES string of the molecule is CCc1cc2c(c(SC)c1)OCCO2. The molecule has 0 saturated heterocycles. The minimum absolute atomic E-state index is 0.659. The molecule has 0 aromatic heterocycles. The first-order valence-electron chi connectivity index (χ1n) is 4.81. The fourth-order valence-electron chi connectivity index (χ4n) is 1.53. The Morgan fingerprint density at radius 3 is 2.79 bits per heavy atom. The molecule has 0 unspecified atom stereocenters. The summed E-state index contributed by atoms with van der Waals surface area (Å²) in [6.45, 7) is 3.47. The van der Waals surface area contributed by atoms with E-state index in [9.17, 15) is 0 Å². The maximum atomic E-state index is 5.60. The van der Waals surface area contributed by atoms with E-state index in [1.165, 1.54) is 10.5 Å². The molecule has 76 valence electrons. The van der Waals surface area contributed by atoms with Gasteiger partial charge in [-0.15, -0.1) is 11.8 Å². The van der Waals surface area contributed by atoms with E-state index >= 15 is 0 Å². The molecule has 0 atom stereocenters. The summed E-state index contributed by atoms with van der Waals surface area (Å²) in [6.07, 6.45) is 3.09. The summed E-state index contributed by atoms with van der Waals surface area (Å²) >= 11 is 1.71. The van der Waals surface area contributed by atoms with E-state index in [4.69, 9.17) is 9.47 Å². The quantitative estimate of drug-likeness (QED) is 0.699. The number of thioether (sulfide) groups is 1. The van der Waals surface area contributed by atoms with Crippen molar-refractivity contribution in [2.24, 2.45) is 0 Å². The minimum Gasteiger partial charge on any atom is -0.486 e. The minimum atomic E-state index is 0.659. The summed E-state index contributed by atoms with van der Waals surface area (Å²) in [5.74, 6) is 1.82. The highest BCUT2D eigenvalue weighted by atomic mass is 32.2. The van der Waals surface area contributed by atoms with E-state index in [0.717, 1.165) is 17.9 Å². The van der Waals surface area contributed by atoms with E-state index in [2.05, 4.69) is 25.3 Å². The van der Waals surface area contributed by atoms with Gasteiger partial charge in [0.2, 0.25) is 0 Å². The molecule has 0 fully saturated rings. The molecule has 14 heavy (non-hydrogen) atoms. The molecule has 2 rings (SSSR count). The Morgan fingerprint density at radius 1 is 1.29 bits per heavy atom.